The van der Waals surface area contributed by atoms with Crippen LogP contribution in [0, 0.1) is 0 Å². The second kappa shape index (κ2) is 12.8. The third kappa shape index (κ3) is 7.46. The number of halogens is 1. The second-order valence-electron chi connectivity index (χ2n) is 9.48. The molecule has 2 rings (SSSR count). The van der Waals surface area contributed by atoms with Gasteiger partial charge in [-0.15, -0.1) is 0 Å². The van der Waals surface area contributed by atoms with Crippen LogP contribution in [0.15, 0.2) is 34.9 Å². The van der Waals surface area contributed by atoms with Gasteiger partial charge < -0.3 is 4.90 Å². The summed E-state index contributed by atoms with van der Waals surface area (Å²) in [6.45, 7) is 12.4. The van der Waals surface area contributed by atoms with Crippen LogP contribution in [0.3, 0.4) is 0 Å². The third-order valence-electron chi connectivity index (χ3n) is 6.71. The van der Waals surface area contributed by atoms with Crippen LogP contribution in [-0.2, 0) is 5.41 Å². The normalized spacial score (nSPS) is 15.2. The number of hydrogen-bond acceptors (Lipinski definition) is 1. The lowest BCUT2D eigenvalue weighted by molar-refractivity contribution is 0.535. The molecule has 1 aliphatic heterocycles. The monoisotopic (exact) mass is 461 g/mol. The highest BCUT2D eigenvalue weighted by molar-refractivity contribution is 9.10. The van der Waals surface area contributed by atoms with Gasteiger partial charge in [0.05, 0.1) is 0 Å². The number of fused-ring (bicyclic) bond motifs is 1. The van der Waals surface area contributed by atoms with Crippen molar-refractivity contribution in [2.24, 2.45) is 0 Å². The molecule has 0 bridgehead atoms. The van der Waals surface area contributed by atoms with Gasteiger partial charge >= 0.3 is 0 Å². The zero-order valence-corrected chi connectivity index (χ0v) is 21.0. The predicted octanol–water partition coefficient (Wildman–Crippen LogP) is 9.54. The number of benzene rings is 1. The van der Waals surface area contributed by atoms with Crippen molar-refractivity contribution >= 4 is 21.6 Å². The van der Waals surface area contributed by atoms with Crippen LogP contribution in [0.5, 0.6) is 0 Å². The fourth-order valence-corrected chi connectivity index (χ4v) is 4.96. The molecule has 2 heteroatoms. The van der Waals surface area contributed by atoms with E-state index in [4.69, 9.17) is 0 Å². The lowest BCUT2D eigenvalue weighted by Crippen LogP contribution is -2.26. The first-order chi connectivity index (χ1) is 14.0. The molecule has 0 N–H and O–H groups in total. The Morgan fingerprint density at radius 2 is 1.28 bits per heavy atom. The summed E-state index contributed by atoms with van der Waals surface area (Å²) < 4.78 is 1.16. The molecule has 164 valence electrons. The molecule has 1 aliphatic rings. The molecular weight excluding hydrogens is 418 g/mol. The molecule has 0 saturated heterocycles. The Balaban J connectivity index is 1.53. The Labute approximate surface area is 189 Å². The molecule has 0 saturated carbocycles. The molecule has 0 spiro atoms. The van der Waals surface area contributed by atoms with Gasteiger partial charge in [0.25, 0.3) is 0 Å². The molecular formula is C27H44BrN. The fraction of sp³-hybridized carbons (Fsp3) is 0.704. The van der Waals surface area contributed by atoms with E-state index in [-0.39, 0.29) is 5.41 Å². The van der Waals surface area contributed by atoms with Crippen molar-refractivity contribution in [1.29, 1.82) is 0 Å². The van der Waals surface area contributed by atoms with Crippen molar-refractivity contribution in [2.45, 2.75) is 116 Å². The molecule has 0 aliphatic carbocycles. The van der Waals surface area contributed by atoms with E-state index in [9.17, 15) is 0 Å². The van der Waals surface area contributed by atoms with Gasteiger partial charge in [-0.05, 0) is 30.2 Å². The zero-order valence-electron chi connectivity index (χ0n) is 19.4. The van der Waals surface area contributed by atoms with Gasteiger partial charge in [0.15, 0.2) is 0 Å². The van der Waals surface area contributed by atoms with Gasteiger partial charge in [-0.25, -0.2) is 0 Å². The first kappa shape index (κ1) is 24.5. The minimum atomic E-state index is 0.0368. The van der Waals surface area contributed by atoms with Crippen molar-refractivity contribution in [2.75, 3.05) is 11.4 Å². The van der Waals surface area contributed by atoms with E-state index >= 15 is 0 Å². The Bertz CT molecular complexity index is 619. The smallest absolute Gasteiger partial charge is 0.0451 e. The maximum absolute atomic E-state index is 4.43. The number of nitrogens with zero attached hydrogens (tertiary/aromatic N) is 1. The maximum atomic E-state index is 4.43. The zero-order chi connectivity index (χ0) is 21.1. The summed E-state index contributed by atoms with van der Waals surface area (Å²) in [4.78, 5) is 2.46. The van der Waals surface area contributed by atoms with Crippen molar-refractivity contribution < 1.29 is 0 Å². The molecule has 0 radical (unpaired) electrons. The molecule has 0 aromatic heterocycles. The summed E-state index contributed by atoms with van der Waals surface area (Å²) in [7, 11) is 0. The molecule has 0 unspecified atom stereocenters. The maximum Gasteiger partial charge on any atom is 0.0451 e. The Morgan fingerprint density at radius 3 is 1.79 bits per heavy atom. The Kier molecular flexibility index (Phi) is 10.8. The number of allylic oxidation sites excluding steroid dienone is 1. The van der Waals surface area contributed by atoms with E-state index in [0.717, 1.165) is 11.0 Å². The number of anilines is 1. The third-order valence-corrected chi connectivity index (χ3v) is 7.20. The molecule has 1 aromatic carbocycles. The Morgan fingerprint density at radius 1 is 0.793 bits per heavy atom. The molecule has 0 amide bonds. The van der Waals surface area contributed by atoms with E-state index in [0.29, 0.717) is 0 Å². The summed E-state index contributed by atoms with van der Waals surface area (Å²) in [6, 6.07) is 6.68. The van der Waals surface area contributed by atoms with Gasteiger partial charge in [-0.3, -0.25) is 0 Å². The van der Waals surface area contributed by atoms with E-state index in [1.54, 1.807) is 0 Å². The van der Waals surface area contributed by atoms with Gasteiger partial charge in [-0.2, -0.15) is 0 Å². The minimum absolute atomic E-state index is 0.0368. The minimum Gasteiger partial charge on any atom is -0.345 e. The highest BCUT2D eigenvalue weighted by Crippen LogP contribution is 2.47. The molecule has 1 heterocycles. The van der Waals surface area contributed by atoms with E-state index in [1.165, 1.54) is 107 Å². The summed E-state index contributed by atoms with van der Waals surface area (Å²) in [6.07, 6.45) is 19.8. The van der Waals surface area contributed by atoms with Gasteiger partial charge in [-0.1, -0.05) is 127 Å². The highest BCUT2D eigenvalue weighted by Gasteiger charge is 2.38. The average molecular weight is 463 g/mol. The summed E-state index contributed by atoms with van der Waals surface area (Å²) in [5, 5.41) is 0. The lowest BCUT2D eigenvalue weighted by Gasteiger charge is -2.25. The van der Waals surface area contributed by atoms with Gasteiger partial charge in [0.2, 0.25) is 0 Å². The summed E-state index contributed by atoms with van der Waals surface area (Å²) >= 11 is 3.63. The SMILES string of the molecule is C=C1N(CCCCCCCCCCCCCCCC)c2ccc(Br)cc2C1(C)C. The number of hydrogen-bond donors (Lipinski definition) is 0. The highest BCUT2D eigenvalue weighted by atomic mass is 79.9. The van der Waals surface area contributed by atoms with Crippen LogP contribution in [0.1, 0.15) is 116 Å². The molecule has 0 atom stereocenters. The summed E-state index contributed by atoms with van der Waals surface area (Å²) in [5.74, 6) is 0. The van der Waals surface area contributed by atoms with E-state index < -0.39 is 0 Å². The van der Waals surface area contributed by atoms with Gasteiger partial charge in [0, 0.05) is 27.8 Å². The second-order valence-corrected chi connectivity index (χ2v) is 10.4. The average Bonchev–Trinajstić information content (AvgIpc) is 2.88. The summed E-state index contributed by atoms with van der Waals surface area (Å²) in [5.41, 5.74) is 4.05. The van der Waals surface area contributed by atoms with Crippen LogP contribution < -0.4 is 4.90 Å². The molecule has 1 aromatic rings. The van der Waals surface area contributed by atoms with Crippen LogP contribution in [0.4, 0.5) is 5.69 Å². The van der Waals surface area contributed by atoms with Gasteiger partial charge in [0.1, 0.15) is 0 Å². The van der Waals surface area contributed by atoms with Crippen molar-refractivity contribution in [3.8, 4) is 0 Å². The predicted molar refractivity (Wildman–Crippen MR) is 134 cm³/mol. The van der Waals surface area contributed by atoms with E-state index in [2.05, 4.69) is 66.4 Å². The first-order valence-corrected chi connectivity index (χ1v) is 13.0. The molecule has 1 nitrogen and oxygen atoms in total. The first-order valence-electron chi connectivity index (χ1n) is 12.3. The van der Waals surface area contributed by atoms with Crippen LogP contribution in [-0.4, -0.2) is 6.54 Å². The molecule has 0 fully saturated rings. The van der Waals surface area contributed by atoms with Crippen LogP contribution in [0.25, 0.3) is 0 Å². The van der Waals surface area contributed by atoms with Crippen molar-refractivity contribution in [3.63, 3.8) is 0 Å². The van der Waals surface area contributed by atoms with Crippen LogP contribution >= 0.6 is 15.9 Å². The van der Waals surface area contributed by atoms with Crippen molar-refractivity contribution in [1.82, 2.24) is 0 Å². The lowest BCUT2D eigenvalue weighted by atomic mass is 9.84. The molecule has 29 heavy (non-hydrogen) atoms. The fourth-order valence-electron chi connectivity index (χ4n) is 4.60. The largest absolute Gasteiger partial charge is 0.345 e. The Hall–Kier alpha value is -0.760. The topological polar surface area (TPSA) is 3.24 Å². The number of unbranched alkanes of at least 4 members (excludes halogenated alkanes) is 13. The van der Waals surface area contributed by atoms with Crippen molar-refractivity contribution in [3.05, 3.63) is 40.5 Å². The van der Waals surface area contributed by atoms with E-state index in [1.807, 2.05) is 0 Å². The van der Waals surface area contributed by atoms with Crippen LogP contribution in [0.2, 0.25) is 0 Å². The quantitative estimate of drug-likeness (QED) is 0.235. The standard InChI is InChI=1S/C27H44BrN/c1-5-6-7-8-9-10-11-12-13-14-15-16-17-18-21-29-23(2)27(3,4)25-22-24(28)19-20-26(25)29/h19-20,22H,2,5-18,21H2,1,3-4H3. The number of rotatable bonds is 15.